The third kappa shape index (κ3) is 3.23. The summed E-state index contributed by atoms with van der Waals surface area (Å²) in [5, 5.41) is 5.66. The molecule has 0 saturated heterocycles. The van der Waals surface area contributed by atoms with Crippen molar-refractivity contribution in [3.8, 4) is 0 Å². The Labute approximate surface area is 177 Å². The molecule has 0 aromatic heterocycles. The van der Waals surface area contributed by atoms with Gasteiger partial charge in [0, 0.05) is 5.92 Å². The average Bonchev–Trinajstić information content (AvgIpc) is 3.09. The SMILES string of the molecule is Cc1cc2c(C3Cc4cccc5cccc3c45)cccc2[cH-]1.[CH3-].[CH3-].[CH3-].[Zr+4]. The van der Waals surface area contributed by atoms with E-state index in [1.165, 1.54) is 43.8 Å². The van der Waals surface area contributed by atoms with Crippen LogP contribution in [0, 0.1) is 29.2 Å². The summed E-state index contributed by atoms with van der Waals surface area (Å²) in [5.74, 6) is 0.492. The Kier molecular flexibility index (Phi) is 7.26. The van der Waals surface area contributed by atoms with Gasteiger partial charge in [0.15, 0.2) is 0 Å². The van der Waals surface area contributed by atoms with Gasteiger partial charge >= 0.3 is 26.2 Å². The van der Waals surface area contributed by atoms with E-state index < -0.39 is 0 Å². The van der Waals surface area contributed by atoms with E-state index in [4.69, 9.17) is 0 Å². The van der Waals surface area contributed by atoms with Crippen LogP contribution in [-0.2, 0) is 32.6 Å². The van der Waals surface area contributed by atoms with Crippen LogP contribution >= 0.6 is 0 Å². The smallest absolute Gasteiger partial charge is 0.358 e. The molecule has 0 heterocycles. The van der Waals surface area contributed by atoms with Gasteiger partial charge in [-0.05, 0) is 28.3 Å². The van der Waals surface area contributed by atoms with E-state index >= 15 is 0 Å². The third-order valence-electron chi connectivity index (χ3n) is 5.13. The maximum atomic E-state index is 2.34. The first kappa shape index (κ1) is 22.5. The van der Waals surface area contributed by atoms with Crippen LogP contribution in [0.2, 0.25) is 0 Å². The van der Waals surface area contributed by atoms with E-state index in [-0.39, 0.29) is 48.5 Å². The summed E-state index contributed by atoms with van der Waals surface area (Å²) in [6.45, 7) is 2.19. The Morgan fingerprint density at radius 1 is 0.846 bits per heavy atom. The summed E-state index contributed by atoms with van der Waals surface area (Å²) in [7, 11) is 0. The van der Waals surface area contributed by atoms with Crippen molar-refractivity contribution >= 4 is 21.5 Å². The van der Waals surface area contributed by atoms with Crippen LogP contribution in [-0.4, -0.2) is 0 Å². The Morgan fingerprint density at radius 3 is 2.27 bits per heavy atom. The largest absolute Gasteiger partial charge is 4.00 e. The monoisotopic (exact) mass is 416 g/mol. The summed E-state index contributed by atoms with van der Waals surface area (Å²) < 4.78 is 0. The third-order valence-corrected chi connectivity index (χ3v) is 5.13. The number of hydrogen-bond donors (Lipinski definition) is 0. The van der Waals surface area contributed by atoms with Crippen molar-refractivity contribution < 1.29 is 26.2 Å². The molecule has 1 atom stereocenters. The van der Waals surface area contributed by atoms with Crippen LogP contribution in [0.5, 0.6) is 0 Å². The minimum absolute atomic E-state index is 0. The molecule has 26 heavy (non-hydrogen) atoms. The van der Waals surface area contributed by atoms with Crippen LogP contribution in [0.15, 0.2) is 66.7 Å². The van der Waals surface area contributed by atoms with Gasteiger partial charge in [-0.3, -0.25) is 0 Å². The standard InChI is InChI=1S/C22H17.3CH3.Zr/c1-14-11-16-7-4-9-18(20(16)12-14)21-13-17-8-2-5-15-6-3-10-19(21)22(15)17;;;;/h2-12,21H,13H2,1H3;3*1H3;/q4*-1;+4. The zero-order valence-corrected chi connectivity index (χ0v) is 18.6. The molecule has 1 aliphatic carbocycles. The van der Waals surface area contributed by atoms with Crippen LogP contribution in [0.1, 0.15) is 28.2 Å². The van der Waals surface area contributed by atoms with Gasteiger partial charge in [0.1, 0.15) is 0 Å². The molecule has 130 valence electrons. The predicted molar refractivity (Wildman–Crippen MR) is 113 cm³/mol. The van der Waals surface area contributed by atoms with E-state index in [0.717, 1.165) is 6.42 Å². The number of rotatable bonds is 1. The van der Waals surface area contributed by atoms with Crippen molar-refractivity contribution in [2.75, 3.05) is 0 Å². The Hall–Kier alpha value is -1.59. The molecule has 0 bridgehead atoms. The maximum Gasteiger partial charge on any atom is 4.00 e. The van der Waals surface area contributed by atoms with Crippen molar-refractivity contribution in [1.82, 2.24) is 0 Å². The number of aryl methyl sites for hydroxylation is 1. The molecule has 4 aromatic rings. The van der Waals surface area contributed by atoms with Gasteiger partial charge in [0.05, 0.1) is 0 Å². The van der Waals surface area contributed by atoms with E-state index in [1.54, 1.807) is 0 Å². The molecule has 0 saturated carbocycles. The summed E-state index contributed by atoms with van der Waals surface area (Å²) in [6, 6.07) is 24.9. The molecular weight excluding hydrogens is 391 g/mol. The second kappa shape index (κ2) is 8.40. The predicted octanol–water partition coefficient (Wildman–Crippen LogP) is 7.06. The van der Waals surface area contributed by atoms with Gasteiger partial charge in [-0.2, -0.15) is 6.07 Å². The first-order valence-corrected chi connectivity index (χ1v) is 7.98. The molecule has 0 amide bonds. The van der Waals surface area contributed by atoms with Gasteiger partial charge in [-0.25, -0.2) is 0 Å². The Bertz CT molecular complexity index is 1020. The summed E-state index contributed by atoms with van der Waals surface area (Å²) >= 11 is 0. The molecule has 0 spiro atoms. The van der Waals surface area contributed by atoms with Crippen LogP contribution in [0.4, 0.5) is 0 Å². The maximum absolute atomic E-state index is 2.34. The molecule has 0 N–H and O–H groups in total. The minimum Gasteiger partial charge on any atom is -0.358 e. The molecule has 0 nitrogen and oxygen atoms in total. The summed E-state index contributed by atoms with van der Waals surface area (Å²) in [4.78, 5) is 0. The molecule has 0 aliphatic heterocycles. The van der Waals surface area contributed by atoms with Gasteiger partial charge in [-0.1, -0.05) is 55.0 Å². The molecule has 0 radical (unpaired) electrons. The van der Waals surface area contributed by atoms with Crippen LogP contribution in [0.25, 0.3) is 21.5 Å². The van der Waals surface area contributed by atoms with Crippen LogP contribution in [0.3, 0.4) is 0 Å². The summed E-state index contributed by atoms with van der Waals surface area (Å²) in [6.07, 6.45) is 1.13. The van der Waals surface area contributed by atoms with E-state index in [9.17, 15) is 0 Å². The second-order valence-electron chi connectivity index (χ2n) is 6.50. The average molecular weight is 418 g/mol. The molecule has 4 aromatic carbocycles. The van der Waals surface area contributed by atoms with Crippen molar-refractivity contribution in [3.05, 3.63) is 111 Å². The van der Waals surface area contributed by atoms with Crippen molar-refractivity contribution in [3.63, 3.8) is 0 Å². The number of hydrogen-bond acceptors (Lipinski definition) is 0. The number of benzene rings is 3. The number of fused-ring (bicyclic) bond motifs is 1. The van der Waals surface area contributed by atoms with Crippen molar-refractivity contribution in [2.24, 2.45) is 0 Å². The fourth-order valence-corrected chi connectivity index (χ4v) is 4.23. The second-order valence-corrected chi connectivity index (χ2v) is 6.50. The van der Waals surface area contributed by atoms with Crippen molar-refractivity contribution in [1.29, 1.82) is 0 Å². The van der Waals surface area contributed by atoms with Gasteiger partial charge in [0.25, 0.3) is 0 Å². The Morgan fingerprint density at radius 2 is 1.50 bits per heavy atom. The van der Waals surface area contributed by atoms with Crippen molar-refractivity contribution in [2.45, 2.75) is 19.3 Å². The van der Waals surface area contributed by atoms with Crippen LogP contribution < -0.4 is 0 Å². The first-order valence-electron chi connectivity index (χ1n) is 7.98. The molecular formula is C25H26Zr. The quantitative estimate of drug-likeness (QED) is 0.291. The molecule has 1 aliphatic rings. The minimum atomic E-state index is 0. The summed E-state index contributed by atoms with van der Waals surface area (Å²) in [5.41, 5.74) is 5.84. The first-order chi connectivity index (χ1) is 10.8. The molecule has 1 heteroatoms. The van der Waals surface area contributed by atoms with Gasteiger partial charge in [0.2, 0.25) is 0 Å². The normalized spacial score (nSPS) is 14.1. The molecule has 0 fully saturated rings. The van der Waals surface area contributed by atoms with E-state index in [2.05, 4.69) is 73.7 Å². The molecule has 5 rings (SSSR count). The Balaban J connectivity index is 0.000000845. The zero-order valence-electron chi connectivity index (χ0n) is 16.1. The molecule has 1 unspecified atom stereocenters. The fraction of sp³-hybridized carbons (Fsp3) is 0.120. The van der Waals surface area contributed by atoms with Gasteiger partial charge in [-0.15, -0.1) is 34.5 Å². The fourth-order valence-electron chi connectivity index (χ4n) is 4.23. The van der Waals surface area contributed by atoms with E-state index in [0.29, 0.717) is 5.92 Å². The topological polar surface area (TPSA) is 0 Å². The zero-order chi connectivity index (χ0) is 14.7. The van der Waals surface area contributed by atoms with E-state index in [1.807, 2.05) is 0 Å². The van der Waals surface area contributed by atoms with Gasteiger partial charge < -0.3 is 22.3 Å².